The van der Waals surface area contributed by atoms with E-state index in [0.29, 0.717) is 41.5 Å². The Morgan fingerprint density at radius 2 is 1.78 bits per heavy atom. The fourth-order valence-corrected chi connectivity index (χ4v) is 8.06. The predicted molar refractivity (Wildman–Crippen MR) is 188 cm³/mol. The maximum Gasteiger partial charge on any atom is 0.289 e. The molecule has 1 spiro atoms. The first kappa shape index (κ1) is 37.1. The van der Waals surface area contributed by atoms with Gasteiger partial charge in [0.2, 0.25) is 23.5 Å². The average molecular weight is 728 g/mol. The Morgan fingerprint density at radius 3 is 2.47 bits per heavy atom. The van der Waals surface area contributed by atoms with Crippen LogP contribution in [0.4, 0.5) is 0 Å². The third-order valence-electron chi connectivity index (χ3n) is 10.8. The average Bonchev–Trinajstić information content (AvgIpc) is 3.70. The highest BCUT2D eigenvalue weighted by atomic mass is 35.5. The molecule has 1 saturated heterocycles. The number of Topliss-reactive ketones (excluding diaryl/α,β-unsaturated/α-hetero) is 1. The maximum atomic E-state index is 14.7. The monoisotopic (exact) mass is 727 g/mol. The number of benzene rings is 1. The van der Waals surface area contributed by atoms with Gasteiger partial charge in [0.1, 0.15) is 17.8 Å². The molecule has 0 unspecified atom stereocenters. The molecule has 2 saturated carbocycles. The topological polar surface area (TPSA) is 165 Å². The van der Waals surface area contributed by atoms with E-state index in [1.165, 1.54) is 18.4 Å². The number of rotatable bonds is 11. The lowest BCUT2D eigenvalue weighted by molar-refractivity contribution is -0.145. The SMILES string of the molecule is CNC(=O)C(=O)[C@H](CC1CC1)NC(=O)[C@@H]1C[C@]2(CC(c3cc(Cl)cc4c3OCOC4)=NO2)CN1C(=O)[C@@H](NC(=O)CC1CCCCC1)C(C)(C)C. The number of carbonyl (C=O) groups excluding carboxylic acids is 5. The summed E-state index contributed by atoms with van der Waals surface area (Å²) in [5.74, 6) is -1.61. The van der Waals surface area contributed by atoms with Crippen LogP contribution in [0.15, 0.2) is 17.3 Å². The number of nitrogens with one attached hydrogen (secondary N) is 3. The number of ether oxygens (including phenoxy) is 2. The van der Waals surface area contributed by atoms with E-state index in [9.17, 15) is 24.0 Å². The summed E-state index contributed by atoms with van der Waals surface area (Å²) in [6.07, 6.45) is 8.16. The Labute approximate surface area is 303 Å². The molecule has 278 valence electrons. The van der Waals surface area contributed by atoms with Crippen LogP contribution >= 0.6 is 11.6 Å². The van der Waals surface area contributed by atoms with Gasteiger partial charge in [-0.1, -0.05) is 69.6 Å². The van der Waals surface area contributed by atoms with Gasteiger partial charge in [-0.2, -0.15) is 0 Å². The van der Waals surface area contributed by atoms with Crippen molar-refractivity contribution in [3.8, 4) is 5.75 Å². The van der Waals surface area contributed by atoms with Crippen molar-refractivity contribution in [2.45, 2.75) is 122 Å². The highest BCUT2D eigenvalue weighted by Crippen LogP contribution is 2.43. The molecule has 0 bridgehead atoms. The number of likely N-dealkylation sites (tertiary alicyclic amines) is 1. The van der Waals surface area contributed by atoms with Crippen molar-refractivity contribution < 1.29 is 38.3 Å². The first-order chi connectivity index (χ1) is 24.3. The van der Waals surface area contributed by atoms with Crippen molar-refractivity contribution in [1.29, 1.82) is 0 Å². The van der Waals surface area contributed by atoms with Crippen LogP contribution in [0.5, 0.6) is 5.75 Å². The second kappa shape index (κ2) is 15.1. The van der Waals surface area contributed by atoms with E-state index in [1.807, 2.05) is 20.8 Å². The Kier molecular flexibility index (Phi) is 11.0. The zero-order valence-corrected chi connectivity index (χ0v) is 30.7. The lowest BCUT2D eigenvalue weighted by Crippen LogP contribution is -2.59. The number of halogens is 1. The van der Waals surface area contributed by atoms with Gasteiger partial charge in [-0.3, -0.25) is 24.0 Å². The number of hydrogen-bond donors (Lipinski definition) is 3. The van der Waals surface area contributed by atoms with Crippen molar-refractivity contribution in [3.63, 3.8) is 0 Å². The zero-order valence-electron chi connectivity index (χ0n) is 30.0. The van der Waals surface area contributed by atoms with E-state index < -0.39 is 52.6 Å². The van der Waals surface area contributed by atoms with E-state index in [-0.39, 0.29) is 43.9 Å². The van der Waals surface area contributed by atoms with Gasteiger partial charge in [0, 0.05) is 42.5 Å². The smallest absolute Gasteiger partial charge is 0.289 e. The van der Waals surface area contributed by atoms with Crippen LogP contribution in [0.25, 0.3) is 0 Å². The van der Waals surface area contributed by atoms with Crippen LogP contribution < -0.4 is 20.7 Å². The molecule has 0 radical (unpaired) electrons. The van der Waals surface area contributed by atoms with Crippen LogP contribution in [0.2, 0.25) is 5.02 Å². The molecule has 6 rings (SSSR count). The summed E-state index contributed by atoms with van der Waals surface area (Å²) in [5, 5.41) is 13.1. The Hall–Kier alpha value is -3.71. The van der Waals surface area contributed by atoms with E-state index >= 15 is 0 Å². The molecule has 2 aliphatic carbocycles. The van der Waals surface area contributed by atoms with Gasteiger partial charge in [-0.05, 0) is 48.6 Å². The van der Waals surface area contributed by atoms with Crippen LogP contribution in [0, 0.1) is 17.3 Å². The van der Waals surface area contributed by atoms with Crippen molar-refractivity contribution in [3.05, 3.63) is 28.3 Å². The van der Waals surface area contributed by atoms with Gasteiger partial charge in [0.25, 0.3) is 5.91 Å². The molecule has 0 aromatic heterocycles. The molecule has 13 nitrogen and oxygen atoms in total. The summed E-state index contributed by atoms with van der Waals surface area (Å²) in [6, 6.07) is 0.475. The summed E-state index contributed by atoms with van der Waals surface area (Å²) in [6.45, 7) is 6.04. The minimum atomic E-state index is -1.08. The highest BCUT2D eigenvalue weighted by molar-refractivity contribution is 6.38. The Balaban J connectivity index is 1.27. The molecular weight excluding hydrogens is 678 g/mol. The van der Waals surface area contributed by atoms with Crippen molar-refractivity contribution in [1.82, 2.24) is 20.9 Å². The molecule has 3 fully saturated rings. The van der Waals surface area contributed by atoms with Gasteiger partial charge in [-0.15, -0.1) is 0 Å². The number of fused-ring (bicyclic) bond motifs is 1. The van der Waals surface area contributed by atoms with Crippen LogP contribution in [0.1, 0.15) is 103 Å². The van der Waals surface area contributed by atoms with Crippen LogP contribution in [-0.2, 0) is 40.2 Å². The molecule has 3 heterocycles. The number of hydrogen-bond acceptors (Lipinski definition) is 9. The highest BCUT2D eigenvalue weighted by Gasteiger charge is 2.56. The molecule has 4 amide bonds. The first-order valence-electron chi connectivity index (χ1n) is 18.2. The number of oxime groups is 1. The number of carbonyl (C=O) groups is 5. The molecule has 3 N–H and O–H groups in total. The van der Waals surface area contributed by atoms with Crippen LogP contribution in [0.3, 0.4) is 0 Å². The lowest BCUT2D eigenvalue weighted by Gasteiger charge is -2.36. The first-order valence-corrected chi connectivity index (χ1v) is 18.6. The van der Waals surface area contributed by atoms with E-state index in [2.05, 4.69) is 21.1 Å². The molecule has 1 aromatic carbocycles. The van der Waals surface area contributed by atoms with Crippen molar-refractivity contribution in [2.75, 3.05) is 20.4 Å². The molecule has 4 atom stereocenters. The molecule has 51 heavy (non-hydrogen) atoms. The summed E-state index contributed by atoms with van der Waals surface area (Å²) >= 11 is 6.47. The third-order valence-corrected chi connectivity index (χ3v) is 11.0. The normalized spacial score (nSPS) is 24.5. The van der Waals surface area contributed by atoms with Gasteiger partial charge in [0.05, 0.1) is 24.9 Å². The second-order valence-electron chi connectivity index (χ2n) is 16.0. The van der Waals surface area contributed by atoms with Gasteiger partial charge < -0.3 is 35.2 Å². The summed E-state index contributed by atoms with van der Waals surface area (Å²) < 4.78 is 11.3. The van der Waals surface area contributed by atoms with Gasteiger partial charge >= 0.3 is 0 Å². The summed E-state index contributed by atoms with van der Waals surface area (Å²) in [4.78, 5) is 75.4. The molecule has 1 aromatic rings. The number of ketones is 1. The predicted octanol–water partition coefficient (Wildman–Crippen LogP) is 3.77. The molecular formula is C37H50ClN5O8. The Bertz CT molecular complexity index is 1580. The van der Waals surface area contributed by atoms with Gasteiger partial charge in [0.15, 0.2) is 12.4 Å². The van der Waals surface area contributed by atoms with Gasteiger partial charge in [-0.25, -0.2) is 0 Å². The van der Waals surface area contributed by atoms with Crippen LogP contribution in [-0.4, -0.2) is 84.1 Å². The Morgan fingerprint density at radius 1 is 1.04 bits per heavy atom. The zero-order chi connectivity index (χ0) is 36.5. The number of amides is 4. The van der Waals surface area contributed by atoms with E-state index in [1.54, 1.807) is 12.1 Å². The third kappa shape index (κ3) is 8.51. The molecule has 3 aliphatic heterocycles. The maximum absolute atomic E-state index is 14.7. The van der Waals surface area contributed by atoms with E-state index in [0.717, 1.165) is 44.1 Å². The fraction of sp³-hybridized carbons (Fsp3) is 0.676. The van der Waals surface area contributed by atoms with Crippen molar-refractivity contribution >= 4 is 46.7 Å². The second-order valence-corrected chi connectivity index (χ2v) is 16.4. The molecule has 5 aliphatic rings. The van der Waals surface area contributed by atoms with Crippen molar-refractivity contribution in [2.24, 2.45) is 22.4 Å². The quantitative estimate of drug-likeness (QED) is 0.290. The lowest BCUT2D eigenvalue weighted by atomic mass is 9.84. The summed E-state index contributed by atoms with van der Waals surface area (Å²) in [5.41, 5.74) is 0.188. The number of nitrogens with zero attached hydrogens (tertiary/aromatic N) is 2. The minimum Gasteiger partial charge on any atom is -0.466 e. The number of likely N-dealkylation sites (N-methyl/N-ethyl adjacent to an activating group) is 1. The standard InChI is InChI=1S/C37H50ClN5O8/c1-36(2,3)32(41-29(44)13-21-8-6-5-7-9-21)35(48)43-19-37(16-27(42-51-37)25-15-24(38)14-23-18-49-20-50-31(23)25)17-28(43)33(46)40-26(12-22-10-11-22)30(45)34(47)39-4/h14-15,21-22,26,28,32H,5-13,16-20H2,1-4H3,(H,39,47)(H,40,46)(H,41,44)/t26-,28-,32+,37+/m0/s1. The fourth-order valence-electron chi connectivity index (χ4n) is 7.82. The largest absolute Gasteiger partial charge is 0.466 e. The minimum absolute atomic E-state index is 0.00536. The summed E-state index contributed by atoms with van der Waals surface area (Å²) in [7, 11) is 1.37. The van der Waals surface area contributed by atoms with E-state index in [4.69, 9.17) is 25.9 Å². The molecule has 14 heteroatoms.